The van der Waals surface area contributed by atoms with Crippen molar-refractivity contribution in [3.05, 3.63) is 59.1 Å². The van der Waals surface area contributed by atoms with Gasteiger partial charge in [-0.15, -0.1) is 0 Å². The first-order valence-corrected chi connectivity index (χ1v) is 10.5. The fraction of sp³-hybridized carbons (Fsp3) is 0.263. The van der Waals surface area contributed by atoms with Gasteiger partial charge in [-0.3, -0.25) is 9.59 Å². The topological polar surface area (TPSA) is 95.6 Å². The molecule has 148 valence electrons. The number of nitrogens with zero attached hydrogens (tertiary/aromatic N) is 1. The Balaban J connectivity index is 1.58. The molecule has 1 aliphatic carbocycles. The molecule has 1 aliphatic rings. The molecule has 1 fully saturated rings. The van der Waals surface area contributed by atoms with E-state index in [-0.39, 0.29) is 23.4 Å². The summed E-state index contributed by atoms with van der Waals surface area (Å²) < 4.78 is 26.0. The lowest BCUT2D eigenvalue weighted by Crippen LogP contribution is -2.35. The molecule has 2 aromatic rings. The highest BCUT2D eigenvalue weighted by Gasteiger charge is 2.24. The van der Waals surface area contributed by atoms with Crippen LogP contribution in [0.5, 0.6) is 0 Å². The molecule has 0 atom stereocenters. The minimum atomic E-state index is -3.81. The lowest BCUT2D eigenvalue weighted by molar-refractivity contribution is -0.116. The molecule has 0 heterocycles. The van der Waals surface area contributed by atoms with Gasteiger partial charge in [0.2, 0.25) is 15.9 Å². The lowest BCUT2D eigenvalue weighted by Gasteiger charge is -2.17. The third-order valence-electron chi connectivity index (χ3n) is 4.23. The Hall–Kier alpha value is -2.42. The van der Waals surface area contributed by atoms with Crippen molar-refractivity contribution in [1.29, 1.82) is 0 Å². The summed E-state index contributed by atoms with van der Waals surface area (Å²) in [5, 5.41) is 5.94. The van der Waals surface area contributed by atoms with Crippen LogP contribution in [0.4, 0.5) is 5.69 Å². The van der Waals surface area contributed by atoms with Crippen LogP contribution in [0.2, 0.25) is 5.02 Å². The van der Waals surface area contributed by atoms with Crippen LogP contribution in [0.25, 0.3) is 0 Å². The van der Waals surface area contributed by atoms with Crippen LogP contribution in [0.15, 0.2) is 53.4 Å². The number of carbonyl (C=O) groups is 2. The summed E-state index contributed by atoms with van der Waals surface area (Å²) in [6.45, 7) is -0.352. The van der Waals surface area contributed by atoms with Gasteiger partial charge < -0.3 is 10.6 Å². The summed E-state index contributed by atoms with van der Waals surface area (Å²) in [6.07, 6.45) is 2.01. The van der Waals surface area contributed by atoms with Crippen molar-refractivity contribution < 1.29 is 18.0 Å². The zero-order valence-corrected chi connectivity index (χ0v) is 16.8. The maximum absolute atomic E-state index is 12.5. The van der Waals surface area contributed by atoms with E-state index in [0.717, 1.165) is 17.1 Å². The van der Waals surface area contributed by atoms with Gasteiger partial charge in [0.25, 0.3) is 5.91 Å². The molecule has 1 saturated carbocycles. The number of anilines is 1. The number of likely N-dealkylation sites (N-methyl/N-ethyl adjacent to an activating group) is 1. The highest BCUT2D eigenvalue weighted by atomic mass is 35.5. The summed E-state index contributed by atoms with van der Waals surface area (Å²) >= 11 is 5.78. The van der Waals surface area contributed by atoms with E-state index >= 15 is 0 Å². The molecule has 2 N–H and O–H groups in total. The Morgan fingerprint density at radius 3 is 2.25 bits per heavy atom. The van der Waals surface area contributed by atoms with Crippen molar-refractivity contribution >= 4 is 39.1 Å². The van der Waals surface area contributed by atoms with Crippen LogP contribution < -0.4 is 10.6 Å². The second-order valence-corrected chi connectivity index (χ2v) is 9.07. The normalized spacial score (nSPS) is 14.0. The predicted molar refractivity (Wildman–Crippen MR) is 107 cm³/mol. The Labute approximate surface area is 168 Å². The molecule has 7 nitrogen and oxygen atoms in total. The zero-order valence-electron chi connectivity index (χ0n) is 15.2. The molecule has 2 amide bonds. The first kappa shape index (κ1) is 20.3. The van der Waals surface area contributed by atoms with Crippen LogP contribution in [0, 0.1) is 0 Å². The van der Waals surface area contributed by atoms with Crippen LogP contribution >= 0.6 is 11.6 Å². The number of sulfonamides is 1. The number of hydrogen-bond acceptors (Lipinski definition) is 4. The second kappa shape index (κ2) is 8.30. The largest absolute Gasteiger partial charge is 0.349 e. The van der Waals surface area contributed by atoms with Crippen molar-refractivity contribution in [3.63, 3.8) is 0 Å². The van der Waals surface area contributed by atoms with Gasteiger partial charge in [-0.05, 0) is 61.4 Å². The van der Waals surface area contributed by atoms with Gasteiger partial charge in [0.1, 0.15) is 0 Å². The van der Waals surface area contributed by atoms with Gasteiger partial charge >= 0.3 is 0 Å². The summed E-state index contributed by atoms with van der Waals surface area (Å²) in [5.41, 5.74) is 0.984. The van der Waals surface area contributed by atoms with E-state index in [1.807, 2.05) is 0 Å². The summed E-state index contributed by atoms with van der Waals surface area (Å²) in [5.74, 6) is -0.635. The molecule has 2 aromatic carbocycles. The Bertz CT molecular complexity index is 971. The van der Waals surface area contributed by atoms with E-state index in [9.17, 15) is 18.0 Å². The van der Waals surface area contributed by atoms with E-state index in [4.69, 9.17) is 11.6 Å². The number of amides is 2. The van der Waals surface area contributed by atoms with E-state index in [2.05, 4.69) is 10.6 Å². The smallest absolute Gasteiger partial charge is 0.251 e. The van der Waals surface area contributed by atoms with Crippen molar-refractivity contribution in [3.8, 4) is 0 Å². The highest BCUT2D eigenvalue weighted by molar-refractivity contribution is 7.89. The second-order valence-electron chi connectivity index (χ2n) is 6.59. The molecule has 0 radical (unpaired) electrons. The molecular weight excluding hydrogens is 402 g/mol. The Kier molecular flexibility index (Phi) is 6.02. The van der Waals surface area contributed by atoms with E-state index in [0.29, 0.717) is 16.3 Å². The molecular formula is C19H20ClN3O4S. The number of hydrogen-bond donors (Lipinski definition) is 2. The molecule has 0 aromatic heterocycles. The maximum Gasteiger partial charge on any atom is 0.251 e. The average Bonchev–Trinajstić information content (AvgIpc) is 3.46. The quantitative estimate of drug-likeness (QED) is 0.717. The predicted octanol–water partition coefficient (Wildman–Crippen LogP) is 2.49. The third-order valence-corrected chi connectivity index (χ3v) is 6.30. The fourth-order valence-electron chi connectivity index (χ4n) is 2.48. The number of carbonyl (C=O) groups excluding carboxylic acids is 2. The van der Waals surface area contributed by atoms with Gasteiger partial charge in [0.15, 0.2) is 0 Å². The first-order valence-electron chi connectivity index (χ1n) is 8.68. The summed E-state index contributed by atoms with van der Waals surface area (Å²) in [6, 6.07) is 12.4. The maximum atomic E-state index is 12.5. The number of rotatable bonds is 7. The molecule has 3 rings (SSSR count). The molecule has 0 aliphatic heterocycles. The van der Waals surface area contributed by atoms with Crippen LogP contribution in [-0.2, 0) is 14.8 Å². The minimum Gasteiger partial charge on any atom is -0.349 e. The highest BCUT2D eigenvalue weighted by Crippen LogP contribution is 2.20. The summed E-state index contributed by atoms with van der Waals surface area (Å²) in [4.78, 5) is 24.2. The van der Waals surface area contributed by atoms with Crippen LogP contribution in [0.3, 0.4) is 0 Å². The van der Waals surface area contributed by atoms with Gasteiger partial charge in [0.05, 0.1) is 11.4 Å². The molecule has 0 saturated heterocycles. The number of halogens is 1. The minimum absolute atomic E-state index is 0.0539. The van der Waals surface area contributed by atoms with Gasteiger partial charge in [-0.2, -0.15) is 4.31 Å². The monoisotopic (exact) mass is 421 g/mol. The number of nitrogens with one attached hydrogen (secondary N) is 2. The standard InChI is InChI=1S/C19H20ClN3O4S/c1-23(28(26,27)17-10-4-14(20)5-11-17)12-18(24)21-15-6-2-13(3-7-15)19(25)22-16-8-9-16/h2-7,10-11,16H,8-9,12H2,1H3,(H,21,24)(H,22,25). The van der Waals surface area contributed by atoms with Crippen molar-refractivity contribution in [1.82, 2.24) is 9.62 Å². The van der Waals surface area contributed by atoms with E-state index < -0.39 is 15.9 Å². The average molecular weight is 422 g/mol. The van der Waals surface area contributed by atoms with E-state index in [1.54, 1.807) is 24.3 Å². The molecule has 0 spiro atoms. The van der Waals surface area contributed by atoms with Crippen molar-refractivity contribution in [2.45, 2.75) is 23.8 Å². The van der Waals surface area contributed by atoms with E-state index in [1.165, 1.54) is 31.3 Å². The SMILES string of the molecule is CN(CC(=O)Nc1ccc(C(=O)NC2CC2)cc1)S(=O)(=O)c1ccc(Cl)cc1. The third kappa shape index (κ3) is 5.09. The fourth-order valence-corrected chi connectivity index (χ4v) is 3.73. The van der Waals surface area contributed by atoms with Gasteiger partial charge in [-0.25, -0.2) is 8.42 Å². The molecule has 28 heavy (non-hydrogen) atoms. The van der Waals surface area contributed by atoms with Gasteiger partial charge in [-0.1, -0.05) is 11.6 Å². The first-order chi connectivity index (χ1) is 13.3. The van der Waals surface area contributed by atoms with Gasteiger partial charge in [0, 0.05) is 29.4 Å². The molecule has 9 heteroatoms. The number of benzene rings is 2. The zero-order chi connectivity index (χ0) is 20.3. The lowest BCUT2D eigenvalue weighted by atomic mass is 10.2. The summed E-state index contributed by atoms with van der Waals surface area (Å²) in [7, 11) is -2.48. The van der Waals surface area contributed by atoms with Crippen molar-refractivity contribution in [2.75, 3.05) is 18.9 Å². The Morgan fingerprint density at radius 1 is 1.07 bits per heavy atom. The van der Waals surface area contributed by atoms with Crippen LogP contribution in [0.1, 0.15) is 23.2 Å². The Morgan fingerprint density at radius 2 is 1.68 bits per heavy atom. The van der Waals surface area contributed by atoms with Crippen LogP contribution in [-0.4, -0.2) is 44.2 Å². The molecule has 0 bridgehead atoms. The molecule has 0 unspecified atom stereocenters. The van der Waals surface area contributed by atoms with Crippen molar-refractivity contribution in [2.24, 2.45) is 0 Å².